The number of piperidine rings is 2. The second-order valence-corrected chi connectivity index (χ2v) is 5.65. The number of amides is 1. The van der Waals surface area contributed by atoms with Gasteiger partial charge in [-0.3, -0.25) is 4.79 Å². The van der Waals surface area contributed by atoms with Crippen LogP contribution in [-0.4, -0.2) is 41.1 Å². The number of rotatable bonds is 2. The number of nitrogens with two attached hydrogens (primary N) is 1. The zero-order valence-corrected chi connectivity index (χ0v) is 11.6. The molecule has 0 aromatic carbocycles. The molecule has 3 heterocycles. The fourth-order valence-corrected chi connectivity index (χ4v) is 3.16. The van der Waals surface area contributed by atoms with E-state index in [0.29, 0.717) is 23.8 Å². The molecule has 0 bridgehead atoms. The number of fused-ring (bicyclic) bond motifs is 1. The number of nitrogens with zero attached hydrogens (tertiary/aromatic N) is 2. The first-order valence-corrected chi connectivity index (χ1v) is 7.07. The van der Waals surface area contributed by atoms with Crippen molar-refractivity contribution in [2.45, 2.75) is 25.3 Å². The van der Waals surface area contributed by atoms with E-state index in [4.69, 9.17) is 10.8 Å². The Kier molecular flexibility index (Phi) is 3.40. The fraction of sp³-hybridized carbons (Fsp3) is 0.500. The Bertz CT molecular complexity index is 590. The highest BCUT2D eigenvalue weighted by atomic mass is 16.4. The van der Waals surface area contributed by atoms with E-state index in [2.05, 4.69) is 15.2 Å². The molecule has 2 atom stereocenters. The number of carboxylic acids is 1. The van der Waals surface area contributed by atoms with Crippen LogP contribution in [0.4, 0.5) is 11.5 Å². The first kappa shape index (κ1) is 13.7. The van der Waals surface area contributed by atoms with Crippen LogP contribution in [0.3, 0.4) is 0 Å². The molecule has 1 aromatic heterocycles. The van der Waals surface area contributed by atoms with Crippen LogP contribution in [-0.2, 0) is 4.79 Å². The highest BCUT2D eigenvalue weighted by Crippen LogP contribution is 2.30. The summed E-state index contributed by atoms with van der Waals surface area (Å²) < 4.78 is 0. The maximum Gasteiger partial charge on any atom is 0.337 e. The third-order valence-corrected chi connectivity index (χ3v) is 4.26. The average molecular weight is 290 g/mol. The maximum atomic E-state index is 11.4. The van der Waals surface area contributed by atoms with E-state index in [-0.39, 0.29) is 17.5 Å². The van der Waals surface area contributed by atoms with Crippen LogP contribution in [0, 0.1) is 5.92 Å². The van der Waals surface area contributed by atoms with Crippen LogP contribution >= 0.6 is 0 Å². The van der Waals surface area contributed by atoms with E-state index in [1.165, 1.54) is 12.3 Å². The molecule has 21 heavy (non-hydrogen) atoms. The minimum Gasteiger partial charge on any atom is -0.478 e. The summed E-state index contributed by atoms with van der Waals surface area (Å²) in [4.78, 5) is 28.6. The SMILES string of the molecule is Nc1cc(C(=O)O)cnc1N1CCC2NC(=O)CCC2C1. The van der Waals surface area contributed by atoms with Gasteiger partial charge in [0, 0.05) is 31.7 Å². The number of hydrogen-bond acceptors (Lipinski definition) is 5. The van der Waals surface area contributed by atoms with E-state index >= 15 is 0 Å². The smallest absolute Gasteiger partial charge is 0.337 e. The molecule has 2 aliphatic heterocycles. The number of aromatic nitrogens is 1. The van der Waals surface area contributed by atoms with Crippen molar-refractivity contribution in [3.63, 3.8) is 0 Å². The second-order valence-electron chi connectivity index (χ2n) is 5.65. The Balaban J connectivity index is 1.76. The fourth-order valence-electron chi connectivity index (χ4n) is 3.16. The summed E-state index contributed by atoms with van der Waals surface area (Å²) in [5.74, 6) is 0.134. The summed E-state index contributed by atoms with van der Waals surface area (Å²) in [6.07, 6.45) is 3.64. The van der Waals surface area contributed by atoms with Crippen molar-refractivity contribution < 1.29 is 14.7 Å². The molecular formula is C14H18N4O3. The van der Waals surface area contributed by atoms with Crippen LogP contribution in [0.5, 0.6) is 0 Å². The van der Waals surface area contributed by atoms with E-state index < -0.39 is 5.97 Å². The van der Waals surface area contributed by atoms with Crippen LogP contribution < -0.4 is 16.0 Å². The summed E-state index contributed by atoms with van der Waals surface area (Å²) in [6.45, 7) is 1.54. The molecule has 2 unspecified atom stereocenters. The molecule has 3 rings (SSSR count). The highest BCUT2D eigenvalue weighted by molar-refractivity contribution is 5.89. The van der Waals surface area contributed by atoms with E-state index in [1.807, 2.05) is 0 Å². The van der Waals surface area contributed by atoms with Crippen molar-refractivity contribution in [2.75, 3.05) is 23.7 Å². The predicted molar refractivity (Wildman–Crippen MR) is 77.1 cm³/mol. The monoisotopic (exact) mass is 290 g/mol. The lowest BCUT2D eigenvalue weighted by molar-refractivity contribution is -0.124. The molecule has 2 saturated heterocycles. The number of pyridine rings is 1. The largest absolute Gasteiger partial charge is 0.478 e. The van der Waals surface area contributed by atoms with Crippen LogP contribution in [0.2, 0.25) is 0 Å². The number of carbonyl (C=O) groups excluding carboxylic acids is 1. The number of aromatic carboxylic acids is 1. The Hall–Kier alpha value is -2.31. The summed E-state index contributed by atoms with van der Waals surface area (Å²) in [6, 6.07) is 1.68. The number of hydrogen-bond donors (Lipinski definition) is 3. The Labute approximate surface area is 122 Å². The van der Waals surface area contributed by atoms with Crippen molar-refractivity contribution >= 4 is 23.4 Å². The molecule has 2 fully saturated rings. The van der Waals surface area contributed by atoms with Gasteiger partial charge in [-0.2, -0.15) is 0 Å². The molecule has 4 N–H and O–H groups in total. The van der Waals surface area contributed by atoms with Crippen LogP contribution in [0.15, 0.2) is 12.3 Å². The number of nitrogen functional groups attached to an aromatic ring is 1. The molecule has 0 saturated carbocycles. The summed E-state index contributed by atoms with van der Waals surface area (Å²) in [7, 11) is 0. The van der Waals surface area contributed by atoms with Gasteiger partial charge < -0.3 is 21.1 Å². The third kappa shape index (κ3) is 2.63. The van der Waals surface area contributed by atoms with Gasteiger partial charge in [0.2, 0.25) is 5.91 Å². The van der Waals surface area contributed by atoms with Crippen molar-refractivity contribution in [3.8, 4) is 0 Å². The van der Waals surface area contributed by atoms with E-state index in [0.717, 1.165) is 25.9 Å². The van der Waals surface area contributed by atoms with Crippen LogP contribution in [0.25, 0.3) is 0 Å². The summed E-state index contributed by atoms with van der Waals surface area (Å²) >= 11 is 0. The molecule has 7 heteroatoms. The zero-order valence-electron chi connectivity index (χ0n) is 11.6. The quantitative estimate of drug-likeness (QED) is 0.730. The predicted octanol–water partition coefficient (Wildman–Crippen LogP) is 0.467. The Morgan fingerprint density at radius 2 is 2.29 bits per heavy atom. The lowest BCUT2D eigenvalue weighted by Gasteiger charge is -2.42. The Morgan fingerprint density at radius 1 is 1.48 bits per heavy atom. The number of anilines is 2. The van der Waals surface area contributed by atoms with Gasteiger partial charge in [0.05, 0.1) is 11.3 Å². The lowest BCUT2D eigenvalue weighted by Crippen LogP contribution is -2.54. The van der Waals surface area contributed by atoms with Crippen molar-refractivity contribution in [1.82, 2.24) is 10.3 Å². The molecule has 0 aliphatic carbocycles. The number of carboxylic acid groups (broad SMARTS) is 1. The highest BCUT2D eigenvalue weighted by Gasteiger charge is 2.34. The Morgan fingerprint density at radius 3 is 3.00 bits per heavy atom. The number of carbonyl (C=O) groups is 2. The third-order valence-electron chi connectivity index (χ3n) is 4.26. The maximum absolute atomic E-state index is 11.4. The minimum atomic E-state index is -1.03. The average Bonchev–Trinajstić information content (AvgIpc) is 2.46. The lowest BCUT2D eigenvalue weighted by atomic mass is 9.85. The first-order chi connectivity index (χ1) is 10.0. The standard InChI is InChI=1S/C14H18N4O3/c15-10-5-9(14(20)21)6-16-13(10)18-4-3-11-8(7-18)1-2-12(19)17-11/h5-6,8,11H,1-4,7,15H2,(H,17,19)(H,20,21). The molecule has 7 nitrogen and oxygen atoms in total. The summed E-state index contributed by atoms with van der Waals surface area (Å²) in [5.41, 5.74) is 6.42. The minimum absolute atomic E-state index is 0.0936. The van der Waals surface area contributed by atoms with E-state index in [1.54, 1.807) is 0 Å². The molecule has 1 amide bonds. The molecule has 0 spiro atoms. The molecule has 0 radical (unpaired) electrons. The number of nitrogens with one attached hydrogen (secondary N) is 1. The van der Waals surface area contributed by atoms with E-state index in [9.17, 15) is 9.59 Å². The van der Waals surface area contributed by atoms with Gasteiger partial charge in [-0.15, -0.1) is 0 Å². The van der Waals surface area contributed by atoms with Gasteiger partial charge in [0.25, 0.3) is 0 Å². The first-order valence-electron chi connectivity index (χ1n) is 7.07. The molecule has 2 aliphatic rings. The van der Waals surface area contributed by atoms with Crippen molar-refractivity contribution in [2.24, 2.45) is 5.92 Å². The van der Waals surface area contributed by atoms with Gasteiger partial charge in [0.1, 0.15) is 0 Å². The molecule has 1 aromatic rings. The summed E-state index contributed by atoms with van der Waals surface area (Å²) in [5, 5.41) is 12.0. The zero-order chi connectivity index (χ0) is 15.0. The topological polar surface area (TPSA) is 109 Å². The second kappa shape index (κ2) is 5.23. The van der Waals surface area contributed by atoms with Gasteiger partial charge >= 0.3 is 5.97 Å². The van der Waals surface area contributed by atoms with Crippen molar-refractivity contribution in [1.29, 1.82) is 0 Å². The van der Waals surface area contributed by atoms with Gasteiger partial charge in [-0.1, -0.05) is 0 Å². The normalized spacial score (nSPS) is 25.1. The van der Waals surface area contributed by atoms with Crippen molar-refractivity contribution in [3.05, 3.63) is 17.8 Å². The van der Waals surface area contributed by atoms with Crippen LogP contribution in [0.1, 0.15) is 29.6 Å². The van der Waals surface area contributed by atoms with Gasteiger partial charge in [-0.25, -0.2) is 9.78 Å². The van der Waals surface area contributed by atoms with Gasteiger partial charge in [0.15, 0.2) is 5.82 Å². The molecular weight excluding hydrogens is 272 g/mol. The molecule has 112 valence electrons. The van der Waals surface area contributed by atoms with Gasteiger partial charge in [-0.05, 0) is 24.8 Å².